The maximum Gasteiger partial charge on any atom is 0.293 e. The highest BCUT2D eigenvalue weighted by Gasteiger charge is 2.25. The highest BCUT2D eigenvalue weighted by Crippen LogP contribution is 2.32. The highest BCUT2D eigenvalue weighted by molar-refractivity contribution is 5.65. The number of aliphatic hydroxyl groups is 1. The Morgan fingerprint density at radius 2 is 2.37 bits per heavy atom. The van der Waals surface area contributed by atoms with Crippen LogP contribution in [-0.4, -0.2) is 29.7 Å². The molecule has 1 heterocycles. The molecule has 0 saturated carbocycles. The van der Waals surface area contributed by atoms with Crippen LogP contribution in [-0.2, 0) is 0 Å². The van der Waals surface area contributed by atoms with Crippen molar-refractivity contribution in [1.29, 1.82) is 5.26 Å². The number of nitriles is 1. The molecule has 1 unspecified atom stereocenters. The predicted octanol–water partition coefficient (Wildman–Crippen LogP) is 1.68. The van der Waals surface area contributed by atoms with E-state index in [-0.39, 0.29) is 23.8 Å². The Hall–Kier alpha value is -2.13. The SMILES string of the molecule is N#Cc1ccc(N2CCCC(CO)C2)c([N+](=O)[O-])c1. The monoisotopic (exact) mass is 261 g/mol. The van der Waals surface area contributed by atoms with Gasteiger partial charge in [0.1, 0.15) is 5.69 Å². The largest absolute Gasteiger partial charge is 0.396 e. The number of benzene rings is 1. The Bertz CT molecular complexity index is 524. The third kappa shape index (κ3) is 2.83. The number of nitro groups is 1. The topological polar surface area (TPSA) is 90.4 Å². The fourth-order valence-corrected chi connectivity index (χ4v) is 2.44. The molecule has 1 fully saturated rings. The van der Waals surface area contributed by atoms with E-state index in [2.05, 4.69) is 0 Å². The summed E-state index contributed by atoms with van der Waals surface area (Å²) in [5.74, 6) is 0.156. The molecule has 0 amide bonds. The summed E-state index contributed by atoms with van der Waals surface area (Å²) in [5, 5.41) is 29.1. The second kappa shape index (κ2) is 5.67. The van der Waals surface area contributed by atoms with E-state index in [9.17, 15) is 15.2 Å². The highest BCUT2D eigenvalue weighted by atomic mass is 16.6. The molecule has 0 bridgehead atoms. The van der Waals surface area contributed by atoms with E-state index < -0.39 is 4.92 Å². The molecule has 6 nitrogen and oxygen atoms in total. The van der Waals surface area contributed by atoms with Crippen molar-refractivity contribution in [3.8, 4) is 6.07 Å². The predicted molar refractivity (Wildman–Crippen MR) is 69.8 cm³/mol. The summed E-state index contributed by atoms with van der Waals surface area (Å²) in [6.07, 6.45) is 1.85. The third-order valence-electron chi connectivity index (χ3n) is 3.42. The second-order valence-corrected chi connectivity index (χ2v) is 4.71. The molecule has 1 aliphatic heterocycles. The van der Waals surface area contributed by atoms with Crippen LogP contribution in [0.2, 0.25) is 0 Å². The summed E-state index contributed by atoms with van der Waals surface area (Å²) in [5.41, 5.74) is 0.769. The quantitative estimate of drug-likeness (QED) is 0.660. The van der Waals surface area contributed by atoms with Crippen molar-refractivity contribution in [2.24, 2.45) is 5.92 Å². The van der Waals surface area contributed by atoms with Crippen molar-refractivity contribution in [3.63, 3.8) is 0 Å². The van der Waals surface area contributed by atoms with Gasteiger partial charge in [0, 0.05) is 25.8 Å². The van der Waals surface area contributed by atoms with E-state index in [1.807, 2.05) is 11.0 Å². The average Bonchev–Trinajstić information content (AvgIpc) is 2.46. The van der Waals surface area contributed by atoms with E-state index in [1.54, 1.807) is 12.1 Å². The molecule has 1 aromatic rings. The minimum absolute atomic E-state index is 0.0439. The molecular formula is C13H15N3O3. The van der Waals surface area contributed by atoms with Crippen molar-refractivity contribution in [3.05, 3.63) is 33.9 Å². The zero-order valence-electron chi connectivity index (χ0n) is 10.5. The van der Waals surface area contributed by atoms with Gasteiger partial charge in [0.25, 0.3) is 5.69 Å². The van der Waals surface area contributed by atoms with E-state index in [0.29, 0.717) is 12.2 Å². The first-order valence-corrected chi connectivity index (χ1v) is 6.20. The number of piperidine rings is 1. The molecule has 1 atom stereocenters. The molecule has 19 heavy (non-hydrogen) atoms. The molecular weight excluding hydrogens is 246 g/mol. The molecule has 2 rings (SSSR count). The molecule has 0 aromatic heterocycles. The van der Waals surface area contributed by atoms with E-state index >= 15 is 0 Å². The average molecular weight is 261 g/mol. The van der Waals surface area contributed by atoms with Gasteiger partial charge in [0.2, 0.25) is 0 Å². The first-order chi connectivity index (χ1) is 9.15. The van der Waals surface area contributed by atoms with Crippen LogP contribution in [0.1, 0.15) is 18.4 Å². The van der Waals surface area contributed by atoms with Crippen LogP contribution >= 0.6 is 0 Å². The van der Waals surface area contributed by atoms with Gasteiger partial charge in [-0.15, -0.1) is 0 Å². The Morgan fingerprint density at radius 3 is 3.00 bits per heavy atom. The van der Waals surface area contributed by atoms with Crippen molar-refractivity contribution in [2.75, 3.05) is 24.6 Å². The lowest BCUT2D eigenvalue weighted by atomic mass is 9.98. The molecule has 1 N–H and O–H groups in total. The van der Waals surface area contributed by atoms with Crippen molar-refractivity contribution >= 4 is 11.4 Å². The molecule has 0 radical (unpaired) electrons. The Balaban J connectivity index is 2.33. The van der Waals surface area contributed by atoms with Gasteiger partial charge in [-0.3, -0.25) is 10.1 Å². The first-order valence-electron chi connectivity index (χ1n) is 6.20. The van der Waals surface area contributed by atoms with Crippen LogP contribution < -0.4 is 4.90 Å². The Morgan fingerprint density at radius 1 is 1.58 bits per heavy atom. The maximum atomic E-state index is 11.1. The second-order valence-electron chi connectivity index (χ2n) is 4.71. The molecule has 1 saturated heterocycles. The molecule has 0 aliphatic carbocycles. The molecule has 6 heteroatoms. The Kier molecular flexibility index (Phi) is 3.97. The number of hydrogen-bond donors (Lipinski definition) is 1. The minimum atomic E-state index is -0.460. The van der Waals surface area contributed by atoms with Crippen molar-refractivity contribution in [1.82, 2.24) is 0 Å². The van der Waals surface area contributed by atoms with Crippen LogP contribution in [0, 0.1) is 27.4 Å². The van der Waals surface area contributed by atoms with E-state index in [0.717, 1.165) is 19.4 Å². The van der Waals surface area contributed by atoms with Gasteiger partial charge >= 0.3 is 0 Å². The summed E-state index contributed by atoms with van der Waals surface area (Å²) < 4.78 is 0. The number of anilines is 1. The molecule has 1 aliphatic rings. The van der Waals surface area contributed by atoms with Gasteiger partial charge in [-0.1, -0.05) is 0 Å². The summed E-state index contributed by atoms with van der Waals surface area (Å²) in [4.78, 5) is 12.6. The van der Waals surface area contributed by atoms with E-state index in [4.69, 9.17) is 5.26 Å². The number of nitro benzene ring substituents is 1. The Labute approximate surface area is 111 Å². The molecule has 0 spiro atoms. The van der Waals surface area contributed by atoms with Crippen LogP contribution in [0.5, 0.6) is 0 Å². The molecule has 100 valence electrons. The fourth-order valence-electron chi connectivity index (χ4n) is 2.44. The number of rotatable bonds is 3. The summed E-state index contributed by atoms with van der Waals surface area (Å²) in [6.45, 7) is 1.45. The number of hydrogen-bond acceptors (Lipinski definition) is 5. The van der Waals surface area contributed by atoms with Gasteiger partial charge < -0.3 is 10.0 Å². The van der Waals surface area contributed by atoms with Crippen molar-refractivity contribution in [2.45, 2.75) is 12.8 Å². The lowest BCUT2D eigenvalue weighted by Gasteiger charge is -2.33. The van der Waals surface area contributed by atoms with Gasteiger partial charge in [-0.2, -0.15) is 5.26 Å². The van der Waals surface area contributed by atoms with Gasteiger partial charge in [0.05, 0.1) is 16.6 Å². The number of nitrogens with zero attached hydrogens (tertiary/aromatic N) is 3. The lowest BCUT2D eigenvalue weighted by Crippen LogP contribution is -2.37. The summed E-state index contributed by atoms with van der Waals surface area (Å²) in [6, 6.07) is 6.42. The van der Waals surface area contributed by atoms with Gasteiger partial charge in [-0.25, -0.2) is 0 Å². The van der Waals surface area contributed by atoms with Crippen LogP contribution in [0.4, 0.5) is 11.4 Å². The fraction of sp³-hybridized carbons (Fsp3) is 0.462. The standard InChI is InChI=1S/C13H15N3O3/c14-7-10-3-4-12(13(6-10)16(18)19)15-5-1-2-11(8-15)9-17/h3-4,6,11,17H,1-2,5,8-9H2. The van der Waals surface area contributed by atoms with Gasteiger partial charge in [0.15, 0.2) is 0 Å². The van der Waals surface area contributed by atoms with Crippen LogP contribution in [0.25, 0.3) is 0 Å². The normalized spacial score (nSPS) is 18.9. The van der Waals surface area contributed by atoms with Gasteiger partial charge in [-0.05, 0) is 30.9 Å². The van der Waals surface area contributed by atoms with Crippen molar-refractivity contribution < 1.29 is 10.0 Å². The molecule has 1 aromatic carbocycles. The van der Waals surface area contributed by atoms with Crippen LogP contribution in [0.15, 0.2) is 18.2 Å². The van der Waals surface area contributed by atoms with E-state index in [1.165, 1.54) is 6.07 Å². The minimum Gasteiger partial charge on any atom is -0.396 e. The maximum absolute atomic E-state index is 11.1. The zero-order chi connectivity index (χ0) is 13.8. The zero-order valence-corrected chi connectivity index (χ0v) is 10.5. The number of aliphatic hydroxyl groups excluding tert-OH is 1. The smallest absolute Gasteiger partial charge is 0.293 e. The summed E-state index contributed by atoms with van der Waals surface area (Å²) in [7, 11) is 0. The van der Waals surface area contributed by atoms with Crippen LogP contribution in [0.3, 0.4) is 0 Å². The lowest BCUT2D eigenvalue weighted by molar-refractivity contribution is -0.384. The first kappa shape index (κ1) is 13.3. The summed E-state index contributed by atoms with van der Waals surface area (Å²) >= 11 is 0. The third-order valence-corrected chi connectivity index (χ3v) is 3.42.